The fourth-order valence-electron chi connectivity index (χ4n) is 2.51. The van der Waals surface area contributed by atoms with Gasteiger partial charge in [-0.1, -0.05) is 30.3 Å². The third-order valence-corrected chi connectivity index (χ3v) is 4.86. The van der Waals surface area contributed by atoms with Crippen molar-refractivity contribution in [1.29, 1.82) is 0 Å². The highest BCUT2D eigenvalue weighted by Gasteiger charge is 2.05. The van der Waals surface area contributed by atoms with E-state index in [0.717, 1.165) is 29.8 Å². The first kappa shape index (κ1) is 16.6. The Morgan fingerprint density at radius 3 is 2.75 bits per heavy atom. The van der Waals surface area contributed by atoms with Gasteiger partial charge in [0.2, 0.25) is 5.91 Å². The van der Waals surface area contributed by atoms with Gasteiger partial charge in [-0.15, -0.1) is 11.8 Å². The molecule has 0 saturated heterocycles. The molecule has 0 aliphatic carbocycles. The zero-order valence-electron chi connectivity index (χ0n) is 13.5. The minimum absolute atomic E-state index is 0.0949. The third-order valence-electron chi connectivity index (χ3n) is 3.76. The summed E-state index contributed by atoms with van der Waals surface area (Å²) >= 11 is 1.82. The number of para-hydroxylation sites is 2. The van der Waals surface area contributed by atoms with Gasteiger partial charge < -0.3 is 9.88 Å². The van der Waals surface area contributed by atoms with E-state index in [1.54, 1.807) is 6.33 Å². The van der Waals surface area contributed by atoms with E-state index in [-0.39, 0.29) is 5.91 Å². The number of thioether (sulfide) groups is 1. The lowest BCUT2D eigenvalue weighted by molar-refractivity contribution is -0.121. The molecule has 0 aliphatic rings. The maximum Gasteiger partial charge on any atom is 0.221 e. The van der Waals surface area contributed by atoms with Gasteiger partial charge in [0, 0.05) is 24.4 Å². The average molecular weight is 339 g/mol. The molecule has 124 valence electrons. The summed E-state index contributed by atoms with van der Waals surface area (Å²) < 4.78 is 2.03. The summed E-state index contributed by atoms with van der Waals surface area (Å²) in [5, 5.41) is 2.99. The molecule has 2 aromatic carbocycles. The van der Waals surface area contributed by atoms with E-state index in [9.17, 15) is 4.79 Å². The molecule has 24 heavy (non-hydrogen) atoms. The average Bonchev–Trinajstić information content (AvgIpc) is 3.04. The van der Waals surface area contributed by atoms with E-state index in [2.05, 4.69) is 22.4 Å². The number of carbonyl (C=O) groups excluding carboxylic acids is 1. The van der Waals surface area contributed by atoms with Crippen LogP contribution in [-0.2, 0) is 11.3 Å². The highest BCUT2D eigenvalue weighted by Crippen LogP contribution is 2.17. The van der Waals surface area contributed by atoms with E-state index < -0.39 is 0 Å². The highest BCUT2D eigenvalue weighted by atomic mass is 32.2. The smallest absolute Gasteiger partial charge is 0.221 e. The van der Waals surface area contributed by atoms with Crippen LogP contribution in [0.5, 0.6) is 0 Å². The molecule has 0 bridgehead atoms. The minimum Gasteiger partial charge on any atom is -0.356 e. The second-order valence-electron chi connectivity index (χ2n) is 5.54. The monoisotopic (exact) mass is 339 g/mol. The Balaban J connectivity index is 1.34. The van der Waals surface area contributed by atoms with Crippen molar-refractivity contribution in [3.8, 4) is 0 Å². The minimum atomic E-state index is 0.0949. The second-order valence-corrected chi connectivity index (χ2v) is 6.71. The van der Waals surface area contributed by atoms with Crippen molar-refractivity contribution in [1.82, 2.24) is 14.9 Å². The Hall–Kier alpha value is -2.27. The van der Waals surface area contributed by atoms with Gasteiger partial charge in [0.15, 0.2) is 0 Å². The molecule has 5 heteroatoms. The van der Waals surface area contributed by atoms with Crippen LogP contribution in [0.1, 0.15) is 12.8 Å². The predicted molar refractivity (Wildman–Crippen MR) is 99.1 cm³/mol. The normalized spacial score (nSPS) is 10.8. The summed E-state index contributed by atoms with van der Waals surface area (Å²) in [4.78, 5) is 17.6. The van der Waals surface area contributed by atoms with Crippen LogP contribution < -0.4 is 5.32 Å². The summed E-state index contributed by atoms with van der Waals surface area (Å²) in [5.74, 6) is 1.11. The number of aromatic nitrogens is 2. The van der Waals surface area contributed by atoms with Crippen LogP contribution in [0.2, 0.25) is 0 Å². The van der Waals surface area contributed by atoms with Crippen molar-refractivity contribution < 1.29 is 4.79 Å². The van der Waals surface area contributed by atoms with E-state index in [4.69, 9.17) is 0 Å². The molecule has 1 heterocycles. The van der Waals surface area contributed by atoms with Gasteiger partial charge in [0.25, 0.3) is 0 Å². The summed E-state index contributed by atoms with van der Waals surface area (Å²) in [6.07, 6.45) is 3.25. The number of imidazole rings is 1. The van der Waals surface area contributed by atoms with Crippen LogP contribution in [0.25, 0.3) is 11.0 Å². The van der Waals surface area contributed by atoms with Crippen LogP contribution in [0, 0.1) is 0 Å². The maximum atomic E-state index is 12.0. The number of nitrogens with one attached hydrogen (secondary N) is 1. The summed E-state index contributed by atoms with van der Waals surface area (Å²) in [6.45, 7) is 1.38. The molecule has 0 unspecified atom stereocenters. The van der Waals surface area contributed by atoms with E-state index in [0.29, 0.717) is 13.0 Å². The standard InChI is InChI=1S/C19H21N3OS/c23-19(20-12-6-14-24-16-7-2-1-3-8-16)11-13-22-15-21-17-9-4-5-10-18(17)22/h1-5,7-10,15H,6,11-14H2,(H,20,23). The lowest BCUT2D eigenvalue weighted by Crippen LogP contribution is -2.25. The number of nitrogens with zero attached hydrogens (tertiary/aromatic N) is 2. The molecule has 0 saturated carbocycles. The van der Waals surface area contributed by atoms with Crippen LogP contribution >= 0.6 is 11.8 Å². The fourth-order valence-corrected chi connectivity index (χ4v) is 3.38. The Kier molecular flexibility index (Phi) is 5.90. The van der Waals surface area contributed by atoms with Crippen molar-refractivity contribution in [2.75, 3.05) is 12.3 Å². The largest absolute Gasteiger partial charge is 0.356 e. The summed E-state index contributed by atoms with van der Waals surface area (Å²) in [5.41, 5.74) is 2.04. The summed E-state index contributed by atoms with van der Waals surface area (Å²) in [7, 11) is 0. The molecule has 4 nitrogen and oxygen atoms in total. The number of rotatable bonds is 8. The summed E-state index contributed by atoms with van der Waals surface area (Å²) in [6, 6.07) is 18.3. The first-order chi connectivity index (χ1) is 11.8. The van der Waals surface area contributed by atoms with Crippen LogP contribution in [-0.4, -0.2) is 27.8 Å². The van der Waals surface area contributed by atoms with Crippen molar-refractivity contribution in [3.05, 3.63) is 60.9 Å². The maximum absolute atomic E-state index is 12.0. The number of amides is 1. The van der Waals surface area contributed by atoms with Gasteiger partial charge in [-0.3, -0.25) is 4.79 Å². The third kappa shape index (κ3) is 4.61. The molecular weight excluding hydrogens is 318 g/mol. The molecule has 3 aromatic rings. The fraction of sp³-hybridized carbons (Fsp3) is 0.263. The first-order valence-electron chi connectivity index (χ1n) is 8.17. The molecule has 3 rings (SSSR count). The molecular formula is C19H21N3OS. The van der Waals surface area contributed by atoms with Crippen LogP contribution in [0.3, 0.4) is 0 Å². The topological polar surface area (TPSA) is 46.9 Å². The van der Waals surface area contributed by atoms with Gasteiger partial charge in [0.1, 0.15) is 0 Å². The van der Waals surface area contributed by atoms with E-state index in [1.807, 2.05) is 58.8 Å². The SMILES string of the molecule is O=C(CCn1cnc2ccccc21)NCCCSc1ccccc1. The zero-order chi connectivity index (χ0) is 16.6. The number of aryl methyl sites for hydroxylation is 1. The van der Waals surface area contributed by atoms with Gasteiger partial charge in [0.05, 0.1) is 17.4 Å². The number of hydrogen-bond acceptors (Lipinski definition) is 3. The van der Waals surface area contributed by atoms with Crippen molar-refractivity contribution in [2.24, 2.45) is 0 Å². The Morgan fingerprint density at radius 2 is 1.88 bits per heavy atom. The Morgan fingerprint density at radius 1 is 1.08 bits per heavy atom. The predicted octanol–water partition coefficient (Wildman–Crippen LogP) is 3.73. The van der Waals surface area contributed by atoms with Gasteiger partial charge in [-0.2, -0.15) is 0 Å². The number of hydrogen-bond donors (Lipinski definition) is 1. The number of carbonyl (C=O) groups is 1. The quantitative estimate of drug-likeness (QED) is 0.502. The van der Waals surface area contributed by atoms with Gasteiger partial charge in [-0.05, 0) is 36.4 Å². The molecule has 0 atom stereocenters. The van der Waals surface area contributed by atoms with Crippen molar-refractivity contribution >= 4 is 28.7 Å². The molecule has 0 spiro atoms. The molecule has 1 N–H and O–H groups in total. The lowest BCUT2D eigenvalue weighted by Gasteiger charge is -2.07. The molecule has 0 radical (unpaired) electrons. The zero-order valence-corrected chi connectivity index (χ0v) is 14.3. The van der Waals surface area contributed by atoms with Crippen LogP contribution in [0.15, 0.2) is 65.8 Å². The lowest BCUT2D eigenvalue weighted by atomic mass is 10.3. The first-order valence-corrected chi connectivity index (χ1v) is 9.16. The molecule has 0 aliphatic heterocycles. The van der Waals surface area contributed by atoms with Crippen LogP contribution in [0.4, 0.5) is 0 Å². The Bertz CT molecular complexity index is 785. The molecule has 0 fully saturated rings. The molecule has 1 amide bonds. The van der Waals surface area contributed by atoms with Gasteiger partial charge in [-0.25, -0.2) is 4.98 Å². The molecule has 1 aromatic heterocycles. The number of benzene rings is 2. The van der Waals surface area contributed by atoms with Crippen molar-refractivity contribution in [3.63, 3.8) is 0 Å². The van der Waals surface area contributed by atoms with E-state index >= 15 is 0 Å². The van der Waals surface area contributed by atoms with Gasteiger partial charge >= 0.3 is 0 Å². The van der Waals surface area contributed by atoms with E-state index in [1.165, 1.54) is 4.90 Å². The number of fused-ring (bicyclic) bond motifs is 1. The Labute approximate surface area is 146 Å². The highest BCUT2D eigenvalue weighted by molar-refractivity contribution is 7.99. The van der Waals surface area contributed by atoms with Crippen molar-refractivity contribution in [2.45, 2.75) is 24.3 Å². The second kappa shape index (κ2) is 8.55.